The number of hydrogen-bond acceptors (Lipinski definition) is 11. The van der Waals surface area contributed by atoms with Crippen LogP contribution in [-0.2, 0) is 33.4 Å². The molecule has 0 spiro atoms. The summed E-state index contributed by atoms with van der Waals surface area (Å²) in [6, 6.07) is 0. The zero-order valence-electron chi connectivity index (χ0n) is 34.1. The second kappa shape index (κ2) is 16.5. The molecule has 0 aliphatic carbocycles. The van der Waals surface area contributed by atoms with Crippen molar-refractivity contribution < 1.29 is 48.8 Å². The third kappa shape index (κ3) is 11.8. The van der Waals surface area contributed by atoms with Gasteiger partial charge < -0.3 is 24.8 Å². The van der Waals surface area contributed by atoms with Crippen LogP contribution < -0.4 is 0 Å². The van der Waals surface area contributed by atoms with E-state index in [-0.39, 0.29) is 52.4 Å². The van der Waals surface area contributed by atoms with Gasteiger partial charge in [0.25, 0.3) is 0 Å². The fourth-order valence-electron chi connectivity index (χ4n) is 8.96. The van der Waals surface area contributed by atoms with Gasteiger partial charge in [0.2, 0.25) is 0 Å². The molecule has 0 aromatic rings. The highest BCUT2D eigenvalue weighted by Gasteiger charge is 2.72. The van der Waals surface area contributed by atoms with E-state index in [9.17, 15) is 39.3 Å². The van der Waals surface area contributed by atoms with Crippen LogP contribution in [0.1, 0.15) is 104 Å². The molecule has 1 saturated heterocycles. The normalized spacial score (nSPS) is 20.6. The van der Waals surface area contributed by atoms with E-state index >= 15 is 0 Å². The second-order valence-corrected chi connectivity index (χ2v) is 18.9. The van der Waals surface area contributed by atoms with Crippen molar-refractivity contribution in [3.63, 3.8) is 0 Å². The van der Waals surface area contributed by atoms with Crippen LogP contribution in [0.15, 0.2) is 0 Å². The minimum atomic E-state index is -1.35. The van der Waals surface area contributed by atoms with E-state index < -0.39 is 81.5 Å². The molecule has 0 amide bonds. The summed E-state index contributed by atoms with van der Waals surface area (Å²) in [7, 11) is 0. The molecule has 0 radical (unpaired) electrons. The van der Waals surface area contributed by atoms with E-state index in [0.717, 1.165) is 0 Å². The molecule has 51 heavy (non-hydrogen) atoms. The first-order valence-corrected chi connectivity index (χ1v) is 17.7. The van der Waals surface area contributed by atoms with Gasteiger partial charge in [0.15, 0.2) is 0 Å². The standard InChI is InChI=1S/C37H68N4O10/c1-31(2,3)36(25-39(23-29(48)50-34(10,11)12)24-30(49)51-35(13,14)15)37(32(4,5)6,33(7,8)9)41(22-28(46)47)19-17-38(20-26(42)43)16-18-40(36)21-27(44)45/h16-25H2,1-15H3,(H,42,43)(H,44,45)(H,46,47). The minimum Gasteiger partial charge on any atom is -0.480 e. The smallest absolute Gasteiger partial charge is 0.320 e. The molecule has 1 fully saturated rings. The Labute approximate surface area is 305 Å². The number of aliphatic carboxylic acids is 3. The molecule has 0 bridgehead atoms. The van der Waals surface area contributed by atoms with E-state index in [1.807, 2.05) is 72.1 Å². The van der Waals surface area contributed by atoms with Gasteiger partial charge in [0.1, 0.15) is 11.2 Å². The molecule has 14 nitrogen and oxygen atoms in total. The maximum atomic E-state index is 13.6. The monoisotopic (exact) mass is 728 g/mol. The number of carboxylic acid groups (broad SMARTS) is 3. The number of carbonyl (C=O) groups excluding carboxylic acids is 2. The van der Waals surface area contributed by atoms with E-state index in [0.29, 0.717) is 0 Å². The van der Waals surface area contributed by atoms with Gasteiger partial charge in [-0.05, 0) is 57.8 Å². The average molecular weight is 729 g/mol. The SMILES string of the molecule is CC(C)(C)OC(=O)CN(CC(=O)OC(C)(C)C)CC1(C(C)(C)C)N(CC(=O)O)CCN(CC(=O)O)CCN(CC(=O)O)C1(C(C)(C)C)C(C)(C)C. The predicted octanol–water partition coefficient (Wildman–Crippen LogP) is 3.76. The van der Waals surface area contributed by atoms with Crippen molar-refractivity contribution in [2.75, 3.05) is 65.4 Å². The summed E-state index contributed by atoms with van der Waals surface area (Å²) in [6.07, 6.45) is 0. The first-order valence-electron chi connectivity index (χ1n) is 17.7. The highest BCUT2D eigenvalue weighted by atomic mass is 16.6. The molecule has 0 aromatic carbocycles. The average Bonchev–Trinajstić information content (AvgIpc) is 2.87. The van der Waals surface area contributed by atoms with Gasteiger partial charge in [-0.25, -0.2) is 0 Å². The number of rotatable bonds is 12. The van der Waals surface area contributed by atoms with E-state index in [1.54, 1.807) is 51.3 Å². The highest BCUT2D eigenvalue weighted by molar-refractivity contribution is 5.76. The second-order valence-electron chi connectivity index (χ2n) is 18.9. The Morgan fingerprint density at radius 3 is 1.22 bits per heavy atom. The largest absolute Gasteiger partial charge is 0.480 e. The lowest BCUT2D eigenvalue weighted by molar-refractivity contribution is -0.230. The Kier molecular flexibility index (Phi) is 14.9. The predicted molar refractivity (Wildman–Crippen MR) is 194 cm³/mol. The van der Waals surface area contributed by atoms with Crippen molar-refractivity contribution in [3.05, 3.63) is 0 Å². The fraction of sp³-hybridized carbons (Fsp3) is 0.865. The molecule has 1 unspecified atom stereocenters. The van der Waals surface area contributed by atoms with Gasteiger partial charge in [-0.2, -0.15) is 0 Å². The Balaban J connectivity index is 4.59. The van der Waals surface area contributed by atoms with Crippen molar-refractivity contribution >= 4 is 29.8 Å². The summed E-state index contributed by atoms with van der Waals surface area (Å²) in [6.45, 7) is 27.0. The molecule has 1 heterocycles. The first-order chi connectivity index (χ1) is 22.7. The van der Waals surface area contributed by atoms with Crippen LogP contribution in [0.3, 0.4) is 0 Å². The highest BCUT2D eigenvalue weighted by Crippen LogP contribution is 2.61. The van der Waals surface area contributed by atoms with Gasteiger partial charge in [-0.1, -0.05) is 62.3 Å². The third-order valence-electron chi connectivity index (χ3n) is 9.41. The molecule has 0 saturated carbocycles. The Bertz CT molecular complexity index is 1210. The molecule has 0 aromatic heterocycles. The van der Waals surface area contributed by atoms with Crippen LogP contribution in [0.5, 0.6) is 0 Å². The lowest BCUT2D eigenvalue weighted by Gasteiger charge is -2.73. The van der Waals surface area contributed by atoms with Gasteiger partial charge in [0.05, 0.1) is 43.8 Å². The molecule has 1 aliphatic heterocycles. The van der Waals surface area contributed by atoms with Crippen LogP contribution >= 0.6 is 0 Å². The van der Waals surface area contributed by atoms with Gasteiger partial charge in [-0.3, -0.25) is 43.6 Å². The maximum Gasteiger partial charge on any atom is 0.320 e. The molecule has 1 atom stereocenters. The molecule has 1 rings (SSSR count). The minimum absolute atomic E-state index is 0.0775. The van der Waals surface area contributed by atoms with E-state index in [2.05, 4.69) is 0 Å². The maximum absolute atomic E-state index is 13.6. The van der Waals surface area contributed by atoms with Crippen LogP contribution in [0.4, 0.5) is 0 Å². The fourth-order valence-corrected chi connectivity index (χ4v) is 8.96. The van der Waals surface area contributed by atoms with Crippen molar-refractivity contribution in [2.45, 2.75) is 126 Å². The molecular weight excluding hydrogens is 660 g/mol. The number of ether oxygens (including phenoxy) is 2. The lowest BCUT2D eigenvalue weighted by atomic mass is 9.44. The van der Waals surface area contributed by atoms with Crippen molar-refractivity contribution in [3.8, 4) is 0 Å². The quantitative estimate of drug-likeness (QED) is 0.248. The van der Waals surface area contributed by atoms with Crippen LogP contribution in [0.25, 0.3) is 0 Å². The molecular formula is C37H68N4O10. The molecule has 14 heteroatoms. The van der Waals surface area contributed by atoms with Crippen molar-refractivity contribution in [2.24, 2.45) is 16.2 Å². The Morgan fingerprint density at radius 2 is 0.902 bits per heavy atom. The summed E-state index contributed by atoms with van der Waals surface area (Å²) in [4.78, 5) is 72.1. The van der Waals surface area contributed by atoms with Gasteiger partial charge in [0, 0.05) is 32.7 Å². The van der Waals surface area contributed by atoms with E-state index in [1.165, 1.54) is 0 Å². The lowest BCUT2D eigenvalue weighted by Crippen LogP contribution is -2.86. The Morgan fingerprint density at radius 1 is 0.549 bits per heavy atom. The van der Waals surface area contributed by atoms with Crippen molar-refractivity contribution in [1.29, 1.82) is 0 Å². The zero-order chi connectivity index (χ0) is 40.2. The first kappa shape index (κ1) is 46.2. The zero-order valence-corrected chi connectivity index (χ0v) is 34.1. The van der Waals surface area contributed by atoms with Crippen LogP contribution in [-0.4, -0.2) is 152 Å². The number of carbonyl (C=O) groups is 5. The number of nitrogens with zero attached hydrogens (tertiary/aromatic N) is 4. The number of esters is 2. The number of hydrogen-bond donors (Lipinski definition) is 3. The van der Waals surface area contributed by atoms with Crippen molar-refractivity contribution in [1.82, 2.24) is 19.6 Å². The van der Waals surface area contributed by atoms with Crippen LogP contribution in [0, 0.1) is 16.2 Å². The summed E-state index contributed by atoms with van der Waals surface area (Å²) in [5, 5.41) is 30.9. The molecule has 3 N–H and O–H groups in total. The third-order valence-corrected chi connectivity index (χ3v) is 9.41. The van der Waals surface area contributed by atoms with E-state index in [4.69, 9.17) is 9.47 Å². The Hall–Kier alpha value is -2.81. The molecule has 296 valence electrons. The molecule has 1 aliphatic rings. The summed E-state index contributed by atoms with van der Waals surface area (Å²) < 4.78 is 11.5. The summed E-state index contributed by atoms with van der Waals surface area (Å²) in [5.74, 6) is -4.52. The number of carboxylic acids is 3. The van der Waals surface area contributed by atoms with Crippen LogP contribution in [0.2, 0.25) is 0 Å². The summed E-state index contributed by atoms with van der Waals surface area (Å²) >= 11 is 0. The van der Waals surface area contributed by atoms with Gasteiger partial charge >= 0.3 is 29.8 Å². The summed E-state index contributed by atoms with van der Waals surface area (Å²) in [5.41, 5.74) is -6.77. The topological polar surface area (TPSA) is 177 Å². The van der Waals surface area contributed by atoms with Gasteiger partial charge in [-0.15, -0.1) is 0 Å².